The molecule has 0 spiro atoms. The highest BCUT2D eigenvalue weighted by molar-refractivity contribution is 6.46. The molecular weight excluding hydrogens is 373 g/mol. The summed E-state index contributed by atoms with van der Waals surface area (Å²) in [6.07, 6.45) is -1.04. The van der Waals surface area contributed by atoms with Gasteiger partial charge in [0.2, 0.25) is 0 Å². The molecule has 4 nitrogen and oxygen atoms in total. The maximum Gasteiger partial charge on any atom is 0.342 e. The van der Waals surface area contributed by atoms with Gasteiger partial charge in [0, 0.05) is 5.69 Å². The van der Waals surface area contributed by atoms with Crippen molar-refractivity contribution in [3.05, 3.63) is 62.6 Å². The topological polar surface area (TPSA) is 55.4 Å². The predicted molar refractivity (Wildman–Crippen MR) is 96.2 cm³/mol. The van der Waals surface area contributed by atoms with Gasteiger partial charge in [-0.05, 0) is 43.7 Å². The standard InChI is InChI=1S/C17H14Cl3NO3/c1-9-4-3-5-11(8-9)21-16(22)10(2)24-17(23)14-12(18)6-7-13(19)15(14)20/h3-8,10H,1-2H3,(H,21,22)/t10-/m0/s1. The molecule has 2 aromatic rings. The molecule has 126 valence electrons. The van der Waals surface area contributed by atoms with Crippen LogP contribution in [0.15, 0.2) is 36.4 Å². The number of hydrogen-bond donors (Lipinski definition) is 1. The van der Waals surface area contributed by atoms with Crippen molar-refractivity contribution in [2.45, 2.75) is 20.0 Å². The Morgan fingerprint density at radius 3 is 2.42 bits per heavy atom. The van der Waals surface area contributed by atoms with Crippen LogP contribution in [0.1, 0.15) is 22.8 Å². The molecule has 1 atom stereocenters. The van der Waals surface area contributed by atoms with E-state index in [0.717, 1.165) is 5.56 Å². The van der Waals surface area contributed by atoms with Crippen molar-refractivity contribution in [2.24, 2.45) is 0 Å². The third-order valence-corrected chi connectivity index (χ3v) is 4.31. The molecule has 1 amide bonds. The number of rotatable bonds is 4. The number of benzene rings is 2. The Morgan fingerprint density at radius 1 is 1.08 bits per heavy atom. The largest absolute Gasteiger partial charge is 0.449 e. The van der Waals surface area contributed by atoms with Crippen molar-refractivity contribution in [2.75, 3.05) is 5.32 Å². The fourth-order valence-corrected chi connectivity index (χ4v) is 2.64. The van der Waals surface area contributed by atoms with Gasteiger partial charge < -0.3 is 10.1 Å². The van der Waals surface area contributed by atoms with Gasteiger partial charge in [-0.2, -0.15) is 0 Å². The van der Waals surface area contributed by atoms with Crippen molar-refractivity contribution >= 4 is 52.4 Å². The fraction of sp³-hybridized carbons (Fsp3) is 0.176. The minimum atomic E-state index is -1.04. The van der Waals surface area contributed by atoms with E-state index in [9.17, 15) is 9.59 Å². The summed E-state index contributed by atoms with van der Waals surface area (Å²) < 4.78 is 5.14. The lowest BCUT2D eigenvalue weighted by Gasteiger charge is -2.15. The Kier molecular flexibility index (Phi) is 6.10. The number of nitrogens with one attached hydrogen (secondary N) is 1. The van der Waals surface area contributed by atoms with Gasteiger partial charge in [0.1, 0.15) is 0 Å². The van der Waals surface area contributed by atoms with E-state index in [1.807, 2.05) is 19.1 Å². The molecule has 0 aliphatic carbocycles. The number of hydrogen-bond acceptors (Lipinski definition) is 3. The second kappa shape index (κ2) is 7.88. The van der Waals surface area contributed by atoms with Gasteiger partial charge in [-0.3, -0.25) is 4.79 Å². The molecule has 0 heterocycles. The van der Waals surface area contributed by atoms with E-state index < -0.39 is 18.0 Å². The SMILES string of the molecule is Cc1cccc(NC(=O)[C@H](C)OC(=O)c2c(Cl)ccc(Cl)c2Cl)c1. The van der Waals surface area contributed by atoms with E-state index in [0.29, 0.717) is 5.69 Å². The van der Waals surface area contributed by atoms with Crippen LogP contribution in [-0.4, -0.2) is 18.0 Å². The summed E-state index contributed by atoms with van der Waals surface area (Å²) >= 11 is 17.8. The zero-order valence-electron chi connectivity index (χ0n) is 12.9. The molecule has 0 saturated heterocycles. The van der Waals surface area contributed by atoms with E-state index in [4.69, 9.17) is 39.5 Å². The Labute approximate surface area is 154 Å². The van der Waals surface area contributed by atoms with Gasteiger partial charge >= 0.3 is 5.97 Å². The third kappa shape index (κ3) is 4.41. The van der Waals surface area contributed by atoms with E-state index in [-0.39, 0.29) is 20.6 Å². The van der Waals surface area contributed by atoms with E-state index in [1.54, 1.807) is 12.1 Å². The molecule has 0 aromatic heterocycles. The number of ether oxygens (including phenoxy) is 1. The first-order chi connectivity index (χ1) is 11.3. The molecular formula is C17H14Cl3NO3. The first-order valence-corrected chi connectivity index (χ1v) is 8.15. The van der Waals surface area contributed by atoms with Crippen LogP contribution < -0.4 is 5.32 Å². The molecule has 7 heteroatoms. The summed E-state index contributed by atoms with van der Waals surface area (Å²) in [5.41, 5.74) is 1.54. The van der Waals surface area contributed by atoms with Gasteiger partial charge in [-0.15, -0.1) is 0 Å². The number of esters is 1. The molecule has 2 rings (SSSR count). The van der Waals surface area contributed by atoms with Crippen molar-refractivity contribution in [1.29, 1.82) is 0 Å². The lowest BCUT2D eigenvalue weighted by Crippen LogP contribution is -2.30. The lowest BCUT2D eigenvalue weighted by molar-refractivity contribution is -0.123. The van der Waals surface area contributed by atoms with Crippen LogP contribution in [0.4, 0.5) is 5.69 Å². The Hall–Kier alpha value is -1.75. The first kappa shape index (κ1) is 18.6. The number of carbonyl (C=O) groups excluding carboxylic acids is 2. The molecule has 0 bridgehead atoms. The maximum absolute atomic E-state index is 12.2. The molecule has 0 saturated carbocycles. The van der Waals surface area contributed by atoms with Crippen LogP contribution >= 0.6 is 34.8 Å². The monoisotopic (exact) mass is 385 g/mol. The number of aryl methyl sites for hydroxylation is 1. The predicted octanol–water partition coefficient (Wildman–Crippen LogP) is 5.14. The molecule has 0 radical (unpaired) electrons. The molecule has 0 aliphatic heterocycles. The zero-order chi connectivity index (χ0) is 17.9. The van der Waals surface area contributed by atoms with Crippen molar-refractivity contribution in [3.8, 4) is 0 Å². The normalized spacial score (nSPS) is 11.7. The summed E-state index contributed by atoms with van der Waals surface area (Å²) in [7, 11) is 0. The van der Waals surface area contributed by atoms with Gasteiger partial charge in [0.15, 0.2) is 6.10 Å². The molecule has 0 unspecified atom stereocenters. The first-order valence-electron chi connectivity index (χ1n) is 7.01. The molecule has 24 heavy (non-hydrogen) atoms. The van der Waals surface area contributed by atoms with Gasteiger partial charge in [0.05, 0.1) is 20.6 Å². The summed E-state index contributed by atoms with van der Waals surface area (Å²) in [5.74, 6) is -1.29. The van der Waals surface area contributed by atoms with Crippen LogP contribution in [-0.2, 0) is 9.53 Å². The van der Waals surface area contributed by atoms with Crippen LogP contribution in [0.3, 0.4) is 0 Å². The van der Waals surface area contributed by atoms with Gasteiger partial charge in [-0.25, -0.2) is 4.79 Å². The van der Waals surface area contributed by atoms with Gasteiger partial charge in [0.25, 0.3) is 5.91 Å². The van der Waals surface area contributed by atoms with Crippen LogP contribution in [0.2, 0.25) is 15.1 Å². The van der Waals surface area contributed by atoms with Crippen molar-refractivity contribution in [1.82, 2.24) is 0 Å². The summed E-state index contributed by atoms with van der Waals surface area (Å²) in [6.45, 7) is 3.36. The van der Waals surface area contributed by atoms with Crippen molar-refractivity contribution < 1.29 is 14.3 Å². The number of halogens is 3. The van der Waals surface area contributed by atoms with E-state index in [1.165, 1.54) is 19.1 Å². The second-order valence-electron chi connectivity index (χ2n) is 5.12. The smallest absolute Gasteiger partial charge is 0.342 e. The fourth-order valence-electron chi connectivity index (χ4n) is 1.95. The summed E-state index contributed by atoms with van der Waals surface area (Å²) in [4.78, 5) is 24.4. The zero-order valence-corrected chi connectivity index (χ0v) is 15.2. The quantitative estimate of drug-likeness (QED) is 0.585. The Morgan fingerprint density at radius 2 is 1.75 bits per heavy atom. The number of carbonyl (C=O) groups is 2. The van der Waals surface area contributed by atoms with E-state index in [2.05, 4.69) is 5.32 Å². The minimum Gasteiger partial charge on any atom is -0.449 e. The molecule has 0 aliphatic rings. The second-order valence-corrected chi connectivity index (χ2v) is 6.32. The minimum absolute atomic E-state index is 0.0135. The highest BCUT2D eigenvalue weighted by Crippen LogP contribution is 2.32. The van der Waals surface area contributed by atoms with Gasteiger partial charge in [-0.1, -0.05) is 46.9 Å². The number of anilines is 1. The van der Waals surface area contributed by atoms with Crippen LogP contribution in [0, 0.1) is 6.92 Å². The number of amides is 1. The Balaban J connectivity index is 2.09. The van der Waals surface area contributed by atoms with Crippen molar-refractivity contribution in [3.63, 3.8) is 0 Å². The summed E-state index contributed by atoms with van der Waals surface area (Å²) in [5, 5.41) is 2.93. The lowest BCUT2D eigenvalue weighted by atomic mass is 10.2. The molecule has 0 fully saturated rings. The average Bonchev–Trinajstić information content (AvgIpc) is 2.51. The maximum atomic E-state index is 12.2. The molecule has 1 N–H and O–H groups in total. The summed E-state index contributed by atoms with van der Waals surface area (Å²) in [6, 6.07) is 10.2. The third-order valence-electron chi connectivity index (χ3n) is 3.19. The van der Waals surface area contributed by atoms with Crippen LogP contribution in [0.5, 0.6) is 0 Å². The van der Waals surface area contributed by atoms with E-state index >= 15 is 0 Å². The Bertz CT molecular complexity index is 793. The van der Waals surface area contributed by atoms with Crippen LogP contribution in [0.25, 0.3) is 0 Å². The highest BCUT2D eigenvalue weighted by atomic mass is 35.5. The molecule has 2 aromatic carbocycles. The average molecular weight is 387 g/mol. The highest BCUT2D eigenvalue weighted by Gasteiger charge is 2.24.